The average Bonchev–Trinajstić information content (AvgIpc) is 2.19. The van der Waals surface area contributed by atoms with Gasteiger partial charge in [0, 0.05) is 12.7 Å². The van der Waals surface area contributed by atoms with Crippen LogP contribution in [0.5, 0.6) is 5.75 Å². The lowest BCUT2D eigenvalue weighted by atomic mass is 10.2. The Bertz CT molecular complexity index is 269. The fourth-order valence-corrected chi connectivity index (χ4v) is 1.02. The Morgan fingerprint density at radius 1 is 1.31 bits per heavy atom. The van der Waals surface area contributed by atoms with Crippen LogP contribution in [0.3, 0.4) is 0 Å². The highest BCUT2D eigenvalue weighted by Crippen LogP contribution is 2.18. The van der Waals surface area contributed by atoms with Gasteiger partial charge in [-0.15, -0.1) is 0 Å². The van der Waals surface area contributed by atoms with Crippen molar-refractivity contribution in [1.29, 1.82) is 0 Å². The first-order chi connectivity index (χ1) is 6.38. The second kappa shape index (κ2) is 5.38. The summed E-state index contributed by atoms with van der Waals surface area (Å²) in [4.78, 5) is 0. The predicted octanol–water partition coefficient (Wildman–Crippen LogP) is 2.35. The quantitative estimate of drug-likeness (QED) is 0.644. The molecular formula is C11H14O2. The van der Waals surface area contributed by atoms with E-state index >= 15 is 0 Å². The molecule has 0 amide bonds. The van der Waals surface area contributed by atoms with Crippen molar-refractivity contribution in [2.24, 2.45) is 0 Å². The zero-order chi connectivity index (χ0) is 9.52. The van der Waals surface area contributed by atoms with Gasteiger partial charge < -0.3 is 9.47 Å². The first-order valence-corrected chi connectivity index (χ1v) is 4.21. The van der Waals surface area contributed by atoms with Gasteiger partial charge in [-0.3, -0.25) is 0 Å². The molecule has 0 aromatic heterocycles. The maximum atomic E-state index is 5.47. The van der Waals surface area contributed by atoms with Gasteiger partial charge in [-0.1, -0.05) is 30.9 Å². The summed E-state index contributed by atoms with van der Waals surface area (Å²) in [6, 6.07) is 7.79. The van der Waals surface area contributed by atoms with Crippen molar-refractivity contribution in [2.45, 2.75) is 0 Å². The molecule has 13 heavy (non-hydrogen) atoms. The number of methoxy groups -OCH3 is 1. The highest BCUT2D eigenvalue weighted by molar-refractivity contribution is 5.55. The molecule has 1 aromatic carbocycles. The van der Waals surface area contributed by atoms with E-state index in [-0.39, 0.29) is 0 Å². The third-order valence-electron chi connectivity index (χ3n) is 1.68. The van der Waals surface area contributed by atoms with E-state index in [1.54, 1.807) is 13.2 Å². The van der Waals surface area contributed by atoms with Crippen LogP contribution in [0.25, 0.3) is 6.08 Å². The van der Waals surface area contributed by atoms with E-state index < -0.39 is 0 Å². The maximum absolute atomic E-state index is 5.47. The summed E-state index contributed by atoms with van der Waals surface area (Å²) in [5.41, 5.74) is 1.01. The predicted molar refractivity (Wildman–Crippen MR) is 53.9 cm³/mol. The van der Waals surface area contributed by atoms with E-state index in [0.717, 1.165) is 11.3 Å². The van der Waals surface area contributed by atoms with Crippen LogP contribution < -0.4 is 4.74 Å². The van der Waals surface area contributed by atoms with E-state index in [4.69, 9.17) is 9.47 Å². The van der Waals surface area contributed by atoms with Crippen molar-refractivity contribution in [3.63, 3.8) is 0 Å². The van der Waals surface area contributed by atoms with Gasteiger partial charge >= 0.3 is 0 Å². The minimum Gasteiger partial charge on any atom is -0.491 e. The largest absolute Gasteiger partial charge is 0.491 e. The van der Waals surface area contributed by atoms with Gasteiger partial charge in [0.25, 0.3) is 0 Å². The van der Waals surface area contributed by atoms with Crippen LogP contribution in [-0.2, 0) is 4.74 Å². The fraction of sp³-hybridized carbons (Fsp3) is 0.273. The highest BCUT2D eigenvalue weighted by atomic mass is 16.5. The minimum absolute atomic E-state index is 0.571. The summed E-state index contributed by atoms with van der Waals surface area (Å²) in [6.07, 6.45) is 1.78. The smallest absolute Gasteiger partial charge is 0.126 e. The van der Waals surface area contributed by atoms with Crippen LogP contribution in [0.2, 0.25) is 0 Å². The van der Waals surface area contributed by atoms with Gasteiger partial charge in [-0.2, -0.15) is 0 Å². The molecule has 70 valence electrons. The van der Waals surface area contributed by atoms with Crippen molar-refractivity contribution in [1.82, 2.24) is 0 Å². The SMILES string of the molecule is C=Cc1ccccc1OCCOC. The van der Waals surface area contributed by atoms with Crippen molar-refractivity contribution < 1.29 is 9.47 Å². The van der Waals surface area contributed by atoms with Crippen LogP contribution in [-0.4, -0.2) is 20.3 Å². The molecule has 0 aliphatic rings. The maximum Gasteiger partial charge on any atom is 0.126 e. The third kappa shape index (κ3) is 2.92. The second-order valence-electron chi connectivity index (χ2n) is 2.58. The van der Waals surface area contributed by atoms with E-state index in [0.29, 0.717) is 13.2 Å². The Morgan fingerprint density at radius 3 is 2.77 bits per heavy atom. The molecule has 0 N–H and O–H groups in total. The first kappa shape index (κ1) is 9.81. The summed E-state index contributed by atoms with van der Waals surface area (Å²) >= 11 is 0. The molecule has 0 heterocycles. The summed E-state index contributed by atoms with van der Waals surface area (Å²) in [5, 5.41) is 0. The minimum atomic E-state index is 0.571. The zero-order valence-corrected chi connectivity index (χ0v) is 7.82. The Morgan fingerprint density at radius 2 is 2.08 bits per heavy atom. The van der Waals surface area contributed by atoms with Crippen LogP contribution in [0.15, 0.2) is 30.8 Å². The molecule has 0 unspecified atom stereocenters. The normalized spacial score (nSPS) is 9.62. The molecule has 2 nitrogen and oxygen atoms in total. The van der Waals surface area contributed by atoms with Crippen LogP contribution in [0.4, 0.5) is 0 Å². The molecule has 0 radical (unpaired) electrons. The van der Waals surface area contributed by atoms with Crippen LogP contribution in [0, 0.1) is 0 Å². The molecule has 1 rings (SSSR count). The Balaban J connectivity index is 2.59. The summed E-state index contributed by atoms with van der Waals surface area (Å²) in [5.74, 6) is 0.856. The second-order valence-corrected chi connectivity index (χ2v) is 2.58. The molecule has 1 aromatic rings. The van der Waals surface area contributed by atoms with E-state index in [2.05, 4.69) is 6.58 Å². The topological polar surface area (TPSA) is 18.5 Å². The zero-order valence-electron chi connectivity index (χ0n) is 7.82. The lowest BCUT2D eigenvalue weighted by molar-refractivity contribution is 0.146. The number of para-hydroxylation sites is 1. The van der Waals surface area contributed by atoms with Gasteiger partial charge in [-0.25, -0.2) is 0 Å². The lowest BCUT2D eigenvalue weighted by Gasteiger charge is -2.07. The van der Waals surface area contributed by atoms with Crippen molar-refractivity contribution in [3.8, 4) is 5.75 Å². The Labute approximate surface area is 78.8 Å². The molecule has 0 aliphatic heterocycles. The van der Waals surface area contributed by atoms with Crippen LogP contribution >= 0.6 is 0 Å². The number of rotatable bonds is 5. The molecule has 0 spiro atoms. The highest BCUT2D eigenvalue weighted by Gasteiger charge is 1.97. The Hall–Kier alpha value is -1.28. The van der Waals surface area contributed by atoms with Crippen LogP contribution in [0.1, 0.15) is 5.56 Å². The Kier molecular flexibility index (Phi) is 4.06. The molecule has 0 atom stereocenters. The average molecular weight is 178 g/mol. The van der Waals surface area contributed by atoms with Gasteiger partial charge in [0.15, 0.2) is 0 Å². The molecular weight excluding hydrogens is 164 g/mol. The van der Waals surface area contributed by atoms with Gasteiger partial charge in [-0.05, 0) is 6.07 Å². The van der Waals surface area contributed by atoms with Crippen molar-refractivity contribution in [3.05, 3.63) is 36.4 Å². The molecule has 0 saturated carbocycles. The van der Waals surface area contributed by atoms with Gasteiger partial charge in [0.1, 0.15) is 12.4 Å². The standard InChI is InChI=1S/C11H14O2/c1-3-10-6-4-5-7-11(10)13-9-8-12-2/h3-7H,1,8-9H2,2H3. The number of hydrogen-bond donors (Lipinski definition) is 0. The summed E-state index contributed by atoms with van der Waals surface area (Å²) < 4.78 is 10.4. The molecule has 2 heteroatoms. The number of ether oxygens (including phenoxy) is 2. The molecule has 0 saturated heterocycles. The molecule has 0 aliphatic carbocycles. The lowest BCUT2D eigenvalue weighted by Crippen LogP contribution is -2.04. The van der Waals surface area contributed by atoms with E-state index in [1.807, 2.05) is 24.3 Å². The third-order valence-corrected chi connectivity index (χ3v) is 1.68. The monoisotopic (exact) mass is 178 g/mol. The molecule has 0 fully saturated rings. The van der Waals surface area contributed by atoms with Crippen molar-refractivity contribution >= 4 is 6.08 Å². The van der Waals surface area contributed by atoms with Gasteiger partial charge in [0.2, 0.25) is 0 Å². The first-order valence-electron chi connectivity index (χ1n) is 4.21. The van der Waals surface area contributed by atoms with E-state index in [1.165, 1.54) is 0 Å². The molecule has 0 bridgehead atoms. The van der Waals surface area contributed by atoms with Gasteiger partial charge in [0.05, 0.1) is 6.61 Å². The number of benzene rings is 1. The number of hydrogen-bond acceptors (Lipinski definition) is 2. The van der Waals surface area contributed by atoms with Crippen molar-refractivity contribution in [2.75, 3.05) is 20.3 Å². The fourth-order valence-electron chi connectivity index (χ4n) is 1.02. The van der Waals surface area contributed by atoms with E-state index in [9.17, 15) is 0 Å². The summed E-state index contributed by atoms with van der Waals surface area (Å²) in [7, 11) is 1.66. The summed E-state index contributed by atoms with van der Waals surface area (Å²) in [6.45, 7) is 4.88.